The van der Waals surface area contributed by atoms with E-state index in [1.54, 1.807) is 18.6 Å². The highest BCUT2D eigenvalue weighted by Crippen LogP contribution is 2.18. The summed E-state index contributed by atoms with van der Waals surface area (Å²) in [7, 11) is 0. The summed E-state index contributed by atoms with van der Waals surface area (Å²) in [6, 6.07) is 13.2. The Morgan fingerprint density at radius 1 is 1.19 bits per heavy atom. The maximum atomic E-state index is 12.3. The Morgan fingerprint density at radius 3 is 2.89 bits per heavy atom. The third-order valence-corrected chi connectivity index (χ3v) is 4.39. The van der Waals surface area contributed by atoms with Gasteiger partial charge in [0.2, 0.25) is 0 Å². The lowest BCUT2D eigenvalue weighted by molar-refractivity contribution is -0.403. The molecule has 7 heteroatoms. The summed E-state index contributed by atoms with van der Waals surface area (Å²) < 4.78 is 0. The molecule has 5 N–H and O–H groups in total. The van der Waals surface area contributed by atoms with Crippen LogP contribution in [0.5, 0.6) is 0 Å². The molecule has 0 fully saturated rings. The number of amides is 1. The van der Waals surface area contributed by atoms with Crippen LogP contribution < -0.4 is 11.2 Å². The number of quaternary nitrogens is 1. The Morgan fingerprint density at radius 2 is 2.00 bits per heavy atom. The minimum atomic E-state index is -0.441. The number of nitrogens with zero attached hydrogens (tertiary/aromatic N) is 3. The molecule has 7 nitrogen and oxygen atoms in total. The fourth-order valence-corrected chi connectivity index (χ4v) is 2.98. The van der Waals surface area contributed by atoms with Crippen molar-refractivity contribution in [1.82, 2.24) is 20.4 Å². The zero-order chi connectivity index (χ0) is 18.6. The lowest BCUT2D eigenvalue weighted by Gasteiger charge is -2.06. The largest absolute Gasteiger partial charge is 0.361 e. The van der Waals surface area contributed by atoms with Gasteiger partial charge < -0.3 is 10.7 Å². The second-order valence-corrected chi connectivity index (χ2v) is 6.30. The summed E-state index contributed by atoms with van der Waals surface area (Å²) in [6.45, 7) is 0. The van der Waals surface area contributed by atoms with Crippen molar-refractivity contribution in [1.29, 1.82) is 0 Å². The van der Waals surface area contributed by atoms with Gasteiger partial charge in [-0.05, 0) is 29.3 Å². The van der Waals surface area contributed by atoms with Gasteiger partial charge >= 0.3 is 0 Å². The average Bonchev–Trinajstić information content (AvgIpc) is 3.11. The number of H-pyrrole nitrogens is 1. The normalized spacial score (nSPS) is 12.6. The third-order valence-electron chi connectivity index (χ3n) is 4.39. The number of carbonyl (C=O) groups is 1. The first-order valence-corrected chi connectivity index (χ1v) is 8.62. The molecule has 0 radical (unpaired) electrons. The van der Waals surface area contributed by atoms with Crippen LogP contribution in [0.2, 0.25) is 0 Å². The maximum Gasteiger partial charge on any atom is 0.298 e. The lowest BCUT2D eigenvalue weighted by Crippen LogP contribution is -2.68. The van der Waals surface area contributed by atoms with Crippen molar-refractivity contribution >= 4 is 34.1 Å². The van der Waals surface area contributed by atoms with Crippen molar-refractivity contribution in [2.45, 2.75) is 12.5 Å². The first kappa shape index (κ1) is 16.9. The van der Waals surface area contributed by atoms with E-state index in [9.17, 15) is 4.79 Å². The maximum absolute atomic E-state index is 12.3. The minimum Gasteiger partial charge on any atom is -0.361 e. The van der Waals surface area contributed by atoms with E-state index >= 15 is 0 Å². The van der Waals surface area contributed by atoms with Gasteiger partial charge in [0, 0.05) is 35.9 Å². The third kappa shape index (κ3) is 3.68. The molecule has 0 spiro atoms. The first-order chi connectivity index (χ1) is 13.2. The standard InChI is InChI=1S/C20H18N6O/c21-16(10-14-12-24-17-4-2-1-3-15(14)17)20(27)26-25-11-13-5-6-18-19(9-13)23-8-7-22-18/h1-9,11-12,16,24H,10,21H2,(H,26,27)/p+1/b25-11-/t16-/m1/s1. The Kier molecular flexibility index (Phi) is 4.59. The number of fused-ring (bicyclic) bond motifs is 2. The van der Waals surface area contributed by atoms with Gasteiger partial charge in [-0.1, -0.05) is 24.3 Å². The van der Waals surface area contributed by atoms with Gasteiger partial charge in [0.25, 0.3) is 5.91 Å². The molecular formula is C20H19N6O+. The van der Waals surface area contributed by atoms with Crippen LogP contribution in [0.15, 0.2) is 66.2 Å². The molecule has 4 aromatic rings. The van der Waals surface area contributed by atoms with Gasteiger partial charge in [-0.3, -0.25) is 14.8 Å². The zero-order valence-electron chi connectivity index (χ0n) is 14.6. The number of hydrogen-bond acceptors (Lipinski definition) is 4. The summed E-state index contributed by atoms with van der Waals surface area (Å²) in [5.41, 5.74) is 11.1. The van der Waals surface area contributed by atoms with Crippen LogP contribution in [-0.2, 0) is 11.2 Å². The van der Waals surface area contributed by atoms with Crippen LogP contribution in [0.3, 0.4) is 0 Å². The summed E-state index contributed by atoms with van der Waals surface area (Å²) in [5, 5.41) is 5.15. The van der Waals surface area contributed by atoms with Crippen molar-refractivity contribution in [2.75, 3.05) is 0 Å². The first-order valence-electron chi connectivity index (χ1n) is 8.62. The van der Waals surface area contributed by atoms with Gasteiger partial charge in [0.1, 0.15) is 0 Å². The molecule has 134 valence electrons. The number of nitrogens with one attached hydrogen (secondary N) is 2. The average molecular weight is 359 g/mol. The fourth-order valence-electron chi connectivity index (χ4n) is 2.98. The fraction of sp³-hybridized carbons (Fsp3) is 0.100. The summed E-state index contributed by atoms with van der Waals surface area (Å²) in [5.74, 6) is -0.225. The van der Waals surface area contributed by atoms with Crippen molar-refractivity contribution in [2.24, 2.45) is 5.10 Å². The smallest absolute Gasteiger partial charge is 0.298 e. The molecule has 2 aromatic carbocycles. The van der Waals surface area contributed by atoms with E-state index < -0.39 is 6.04 Å². The molecule has 0 saturated carbocycles. The SMILES string of the molecule is [NH3+][C@H](Cc1c[nH]c2ccccc12)C(=O)N/N=C\c1ccc2nccnc2c1. The van der Waals surface area contributed by atoms with E-state index in [1.807, 2.05) is 48.7 Å². The molecule has 0 aliphatic rings. The molecular weight excluding hydrogens is 340 g/mol. The Labute approximate surface area is 155 Å². The van der Waals surface area contributed by atoms with Crippen molar-refractivity contribution in [3.8, 4) is 0 Å². The van der Waals surface area contributed by atoms with Crippen LogP contribution in [0.1, 0.15) is 11.1 Å². The van der Waals surface area contributed by atoms with Crippen LogP contribution in [0.25, 0.3) is 21.9 Å². The molecule has 1 amide bonds. The minimum absolute atomic E-state index is 0.225. The van der Waals surface area contributed by atoms with Crippen LogP contribution >= 0.6 is 0 Å². The molecule has 0 unspecified atom stereocenters. The number of aromatic nitrogens is 3. The Bertz CT molecular complexity index is 1130. The van der Waals surface area contributed by atoms with E-state index in [-0.39, 0.29) is 5.91 Å². The molecule has 1 atom stereocenters. The number of carbonyl (C=O) groups excluding carboxylic acids is 1. The predicted molar refractivity (Wildman–Crippen MR) is 104 cm³/mol. The number of benzene rings is 2. The predicted octanol–water partition coefficient (Wildman–Crippen LogP) is 1.41. The summed E-state index contributed by atoms with van der Waals surface area (Å²) in [6.07, 6.45) is 7.35. The van der Waals surface area contributed by atoms with E-state index in [2.05, 4.69) is 31.2 Å². The summed E-state index contributed by atoms with van der Waals surface area (Å²) >= 11 is 0. The lowest BCUT2D eigenvalue weighted by atomic mass is 10.1. The number of hydrogen-bond donors (Lipinski definition) is 3. The van der Waals surface area contributed by atoms with Gasteiger partial charge in [-0.2, -0.15) is 5.10 Å². The van der Waals surface area contributed by atoms with Gasteiger partial charge in [0.15, 0.2) is 6.04 Å². The number of para-hydroxylation sites is 1. The number of hydrazone groups is 1. The van der Waals surface area contributed by atoms with Crippen LogP contribution in [-0.4, -0.2) is 33.1 Å². The van der Waals surface area contributed by atoms with Gasteiger partial charge in [-0.25, -0.2) is 5.43 Å². The van der Waals surface area contributed by atoms with Crippen molar-refractivity contribution < 1.29 is 10.5 Å². The van der Waals surface area contributed by atoms with Crippen LogP contribution in [0.4, 0.5) is 0 Å². The van der Waals surface area contributed by atoms with E-state index in [4.69, 9.17) is 0 Å². The molecule has 2 aromatic heterocycles. The highest BCUT2D eigenvalue weighted by atomic mass is 16.2. The molecule has 2 heterocycles. The molecule has 0 bridgehead atoms. The molecule has 0 aliphatic carbocycles. The van der Waals surface area contributed by atoms with Crippen molar-refractivity contribution in [3.05, 3.63) is 72.2 Å². The monoisotopic (exact) mass is 359 g/mol. The molecule has 27 heavy (non-hydrogen) atoms. The molecule has 4 rings (SSSR count). The van der Waals surface area contributed by atoms with Crippen LogP contribution in [0, 0.1) is 0 Å². The number of rotatable bonds is 5. The number of aromatic amines is 1. The van der Waals surface area contributed by atoms with E-state index in [0.717, 1.165) is 33.1 Å². The topological polar surface area (TPSA) is 111 Å². The molecule has 0 aliphatic heterocycles. The van der Waals surface area contributed by atoms with Gasteiger partial charge in [0.05, 0.1) is 17.2 Å². The van der Waals surface area contributed by atoms with Gasteiger partial charge in [-0.15, -0.1) is 0 Å². The second kappa shape index (κ2) is 7.35. The quantitative estimate of drug-likeness (QED) is 0.370. The highest BCUT2D eigenvalue weighted by molar-refractivity contribution is 5.88. The highest BCUT2D eigenvalue weighted by Gasteiger charge is 2.19. The Hall–Kier alpha value is -3.58. The second-order valence-electron chi connectivity index (χ2n) is 6.30. The Balaban J connectivity index is 1.39. The van der Waals surface area contributed by atoms with E-state index in [1.165, 1.54) is 0 Å². The summed E-state index contributed by atoms with van der Waals surface area (Å²) in [4.78, 5) is 24.0. The zero-order valence-corrected chi connectivity index (χ0v) is 14.6. The van der Waals surface area contributed by atoms with Crippen molar-refractivity contribution in [3.63, 3.8) is 0 Å². The molecule has 0 saturated heterocycles. The van der Waals surface area contributed by atoms with E-state index in [0.29, 0.717) is 6.42 Å².